The van der Waals surface area contributed by atoms with E-state index in [0.717, 1.165) is 36.4 Å². The van der Waals surface area contributed by atoms with Crippen LogP contribution in [0.5, 0.6) is 0 Å². The topological polar surface area (TPSA) is 68.9 Å². The number of hydrogen-bond acceptors (Lipinski definition) is 3. The van der Waals surface area contributed by atoms with Gasteiger partial charge in [0.15, 0.2) is 0 Å². The molecule has 0 bridgehead atoms. The molecule has 1 aromatic heterocycles. The number of fused-ring (bicyclic) bond motifs is 1. The van der Waals surface area contributed by atoms with Crippen molar-refractivity contribution in [1.29, 1.82) is 0 Å². The molecule has 2 aromatic rings. The lowest BCUT2D eigenvalue weighted by atomic mass is 10.2. The van der Waals surface area contributed by atoms with Gasteiger partial charge < -0.3 is 5.32 Å². The molecular formula is C15H16ClFN4O2. The lowest BCUT2D eigenvalue weighted by Crippen LogP contribution is -2.30. The molecule has 6 nitrogen and oxygen atoms in total. The second-order valence-electron chi connectivity index (χ2n) is 5.49. The van der Waals surface area contributed by atoms with Crippen molar-refractivity contribution in [2.75, 3.05) is 5.32 Å². The molecule has 1 aliphatic rings. The van der Waals surface area contributed by atoms with Gasteiger partial charge in [-0.2, -0.15) is 5.10 Å². The highest BCUT2D eigenvalue weighted by Gasteiger charge is 2.17. The zero-order valence-corrected chi connectivity index (χ0v) is 13.1. The number of halogens is 2. The number of aryl methyl sites for hydroxylation is 1. The van der Waals surface area contributed by atoms with Gasteiger partial charge in [0.25, 0.3) is 0 Å². The summed E-state index contributed by atoms with van der Waals surface area (Å²) in [5, 5.41) is 6.89. The minimum atomic E-state index is -0.626. The average molecular weight is 339 g/mol. The maximum atomic E-state index is 13.7. The first-order valence-electron chi connectivity index (χ1n) is 7.46. The third-order valence-corrected chi connectivity index (χ3v) is 4.02. The minimum Gasteiger partial charge on any atom is -0.322 e. The van der Waals surface area contributed by atoms with Crippen molar-refractivity contribution in [3.63, 3.8) is 0 Å². The summed E-state index contributed by atoms with van der Waals surface area (Å²) >= 11 is 5.66. The number of hydrogen-bond donors (Lipinski definition) is 1. The number of carbonyl (C=O) groups is 1. The maximum Gasteiger partial charge on any atom is 0.346 e. The Morgan fingerprint density at radius 3 is 2.96 bits per heavy atom. The van der Waals surface area contributed by atoms with Crippen molar-refractivity contribution < 1.29 is 9.18 Å². The molecule has 23 heavy (non-hydrogen) atoms. The molecule has 3 rings (SSSR count). The average Bonchev–Trinajstić information content (AvgIpc) is 2.68. The summed E-state index contributed by atoms with van der Waals surface area (Å²) in [7, 11) is 0. The Labute approximate surface area is 136 Å². The number of carbonyl (C=O) groups excluding carboxylic acids is 1. The van der Waals surface area contributed by atoms with E-state index in [-0.39, 0.29) is 22.9 Å². The van der Waals surface area contributed by atoms with E-state index in [4.69, 9.17) is 11.6 Å². The molecule has 0 aliphatic carbocycles. The molecule has 0 spiro atoms. The Hall–Kier alpha value is -2.15. The molecular weight excluding hydrogens is 323 g/mol. The van der Waals surface area contributed by atoms with Gasteiger partial charge in [-0.25, -0.2) is 13.9 Å². The largest absolute Gasteiger partial charge is 0.346 e. The Morgan fingerprint density at radius 1 is 1.35 bits per heavy atom. The van der Waals surface area contributed by atoms with Gasteiger partial charge >= 0.3 is 5.69 Å². The zero-order chi connectivity index (χ0) is 16.4. The van der Waals surface area contributed by atoms with E-state index in [1.54, 1.807) is 4.57 Å². The predicted molar refractivity (Wildman–Crippen MR) is 84.1 cm³/mol. The molecule has 122 valence electrons. The quantitative estimate of drug-likeness (QED) is 0.932. The maximum absolute atomic E-state index is 13.7. The standard InChI is InChI=1S/C15H16ClFN4O2/c16-10-5-6-12(11(17)8-10)18-14(22)9-21-15(23)20-7-3-1-2-4-13(20)19-21/h5-6,8H,1-4,7,9H2,(H,18,22). The second-order valence-corrected chi connectivity index (χ2v) is 5.93. The molecule has 0 unspecified atom stereocenters. The number of nitrogens with one attached hydrogen (secondary N) is 1. The first-order valence-corrected chi connectivity index (χ1v) is 7.84. The number of benzene rings is 1. The molecule has 0 fully saturated rings. The molecule has 0 saturated heterocycles. The summed E-state index contributed by atoms with van der Waals surface area (Å²) in [4.78, 5) is 24.3. The number of amides is 1. The molecule has 0 atom stereocenters. The highest BCUT2D eigenvalue weighted by atomic mass is 35.5. The molecule has 0 saturated carbocycles. The zero-order valence-electron chi connectivity index (χ0n) is 12.4. The molecule has 2 heterocycles. The van der Waals surface area contributed by atoms with Crippen LogP contribution in [0.25, 0.3) is 0 Å². The highest BCUT2D eigenvalue weighted by Crippen LogP contribution is 2.18. The van der Waals surface area contributed by atoms with E-state index in [9.17, 15) is 14.0 Å². The summed E-state index contributed by atoms with van der Waals surface area (Å²) < 4.78 is 16.4. The van der Waals surface area contributed by atoms with Gasteiger partial charge in [-0.15, -0.1) is 0 Å². The van der Waals surface area contributed by atoms with E-state index in [1.807, 2.05) is 0 Å². The van der Waals surface area contributed by atoms with E-state index < -0.39 is 11.7 Å². The van der Waals surface area contributed by atoms with Crippen molar-refractivity contribution in [1.82, 2.24) is 14.3 Å². The molecule has 1 N–H and O–H groups in total. The second kappa shape index (κ2) is 6.54. The molecule has 8 heteroatoms. The Bertz CT molecular complexity index is 799. The summed E-state index contributed by atoms with van der Waals surface area (Å²) in [5.41, 5.74) is -0.276. The molecule has 1 aliphatic heterocycles. The van der Waals surface area contributed by atoms with Gasteiger partial charge in [-0.05, 0) is 31.0 Å². The highest BCUT2D eigenvalue weighted by molar-refractivity contribution is 6.30. The lowest BCUT2D eigenvalue weighted by molar-refractivity contribution is -0.117. The van der Waals surface area contributed by atoms with Gasteiger partial charge in [0.1, 0.15) is 18.2 Å². The van der Waals surface area contributed by atoms with Gasteiger partial charge in [-0.3, -0.25) is 9.36 Å². The smallest absolute Gasteiger partial charge is 0.322 e. The van der Waals surface area contributed by atoms with Crippen LogP contribution in [0.2, 0.25) is 5.02 Å². The van der Waals surface area contributed by atoms with Crippen LogP contribution in [0.3, 0.4) is 0 Å². The fourth-order valence-electron chi connectivity index (χ4n) is 2.64. The first-order chi connectivity index (χ1) is 11.0. The van der Waals surface area contributed by atoms with Crippen LogP contribution >= 0.6 is 11.6 Å². The van der Waals surface area contributed by atoms with Crippen LogP contribution in [-0.2, 0) is 24.3 Å². The fourth-order valence-corrected chi connectivity index (χ4v) is 2.80. The van der Waals surface area contributed by atoms with E-state index in [2.05, 4.69) is 10.4 Å². The molecule has 0 radical (unpaired) electrons. The normalized spacial score (nSPS) is 14.2. The van der Waals surface area contributed by atoms with Crippen LogP contribution in [0.1, 0.15) is 25.1 Å². The van der Waals surface area contributed by atoms with E-state index in [0.29, 0.717) is 12.4 Å². The third-order valence-electron chi connectivity index (χ3n) is 3.78. The summed E-state index contributed by atoms with van der Waals surface area (Å²) in [6, 6.07) is 3.97. The van der Waals surface area contributed by atoms with Crippen molar-refractivity contribution in [3.8, 4) is 0 Å². The van der Waals surface area contributed by atoms with Crippen molar-refractivity contribution in [2.24, 2.45) is 0 Å². The summed E-state index contributed by atoms with van der Waals surface area (Å²) in [6.45, 7) is 0.377. The van der Waals surface area contributed by atoms with Gasteiger partial charge in [0.2, 0.25) is 5.91 Å². The Balaban J connectivity index is 1.74. The van der Waals surface area contributed by atoms with Crippen LogP contribution < -0.4 is 11.0 Å². The van der Waals surface area contributed by atoms with Crippen molar-refractivity contribution in [2.45, 2.75) is 38.8 Å². The number of anilines is 1. The van der Waals surface area contributed by atoms with E-state index >= 15 is 0 Å². The molecule has 1 aromatic carbocycles. The van der Waals surface area contributed by atoms with Crippen molar-refractivity contribution >= 4 is 23.2 Å². The van der Waals surface area contributed by atoms with E-state index in [1.165, 1.54) is 12.1 Å². The number of rotatable bonds is 3. The predicted octanol–water partition coefficient (Wildman–Crippen LogP) is 2.20. The SMILES string of the molecule is O=C(Cn1nc2n(c1=O)CCCCC2)Nc1ccc(Cl)cc1F. The van der Waals surface area contributed by atoms with Gasteiger partial charge in [0.05, 0.1) is 5.69 Å². The van der Waals surface area contributed by atoms with Crippen LogP contribution in [0.15, 0.2) is 23.0 Å². The van der Waals surface area contributed by atoms with Crippen LogP contribution in [0.4, 0.5) is 10.1 Å². The van der Waals surface area contributed by atoms with Crippen molar-refractivity contribution in [3.05, 3.63) is 45.3 Å². The summed E-state index contributed by atoms with van der Waals surface area (Å²) in [5.74, 6) is -0.432. The lowest BCUT2D eigenvalue weighted by Gasteiger charge is -2.06. The van der Waals surface area contributed by atoms with Crippen LogP contribution in [0, 0.1) is 5.82 Å². The fraction of sp³-hybridized carbons (Fsp3) is 0.400. The first kappa shape index (κ1) is 15.7. The van der Waals surface area contributed by atoms with Crippen LogP contribution in [-0.4, -0.2) is 20.3 Å². The monoisotopic (exact) mass is 338 g/mol. The summed E-state index contributed by atoms with van der Waals surface area (Å²) in [6.07, 6.45) is 3.72. The molecule has 1 amide bonds. The number of nitrogens with zero attached hydrogens (tertiary/aromatic N) is 3. The number of aromatic nitrogens is 3. The third kappa shape index (κ3) is 3.44. The van der Waals surface area contributed by atoms with Gasteiger partial charge in [-0.1, -0.05) is 18.0 Å². The minimum absolute atomic E-state index is 0.0215. The van der Waals surface area contributed by atoms with Gasteiger partial charge in [0, 0.05) is 18.0 Å². The Kier molecular flexibility index (Phi) is 4.47. The Morgan fingerprint density at radius 2 is 2.17 bits per heavy atom.